The Labute approximate surface area is 310 Å². The number of benzene rings is 4. The quantitative estimate of drug-likeness (QED) is 0.188. The molecule has 1 N–H and O–H groups in total. The molecule has 9 rings (SSSR count). The maximum absolute atomic E-state index is 8.99. The highest BCUT2D eigenvalue weighted by Gasteiger charge is 2.26. The average Bonchev–Trinajstić information content (AvgIpc) is 3.77. The molecule has 53 heavy (non-hydrogen) atoms. The lowest BCUT2D eigenvalue weighted by molar-refractivity contribution is 0.0912. The highest BCUT2D eigenvalue weighted by molar-refractivity contribution is 5.43. The molecule has 272 valence electrons. The summed E-state index contributed by atoms with van der Waals surface area (Å²) in [5.74, 6) is 4.76. The number of fused-ring (bicyclic) bond motifs is 2. The zero-order chi connectivity index (χ0) is 35.8. The number of ether oxygens (including phenoxy) is 4. The fourth-order valence-corrected chi connectivity index (χ4v) is 7.47. The van der Waals surface area contributed by atoms with E-state index in [1.165, 1.54) is 11.1 Å². The number of rotatable bonds is 7. The van der Waals surface area contributed by atoms with Crippen LogP contribution < -0.4 is 18.9 Å². The first-order chi connectivity index (χ1) is 26.2. The van der Waals surface area contributed by atoms with Gasteiger partial charge in [0.05, 0.1) is 6.07 Å². The summed E-state index contributed by atoms with van der Waals surface area (Å²) in [5, 5.41) is 23.5. The third kappa shape index (κ3) is 8.62. The molecule has 4 aliphatic heterocycles. The summed E-state index contributed by atoms with van der Waals surface area (Å²) in [5.41, 5.74) is 4.91. The van der Waals surface area contributed by atoms with Gasteiger partial charge in [0, 0.05) is 24.9 Å². The summed E-state index contributed by atoms with van der Waals surface area (Å²) in [6.45, 7) is 7.12. The minimum atomic E-state index is -0.0605. The van der Waals surface area contributed by atoms with Gasteiger partial charge in [0.2, 0.25) is 0 Å². The first-order valence-electron chi connectivity index (χ1n) is 18.7. The molecule has 0 saturated carbocycles. The molecular weight excluding hydrogens is 667 g/mol. The molecule has 0 spiro atoms. The third-order valence-corrected chi connectivity index (χ3v) is 10.6. The van der Waals surface area contributed by atoms with Gasteiger partial charge in [-0.1, -0.05) is 78.0 Å². The van der Waals surface area contributed by atoms with E-state index in [9.17, 15) is 0 Å². The number of likely N-dealkylation sites (tertiary alicyclic amines) is 2. The third-order valence-electron chi connectivity index (χ3n) is 10.6. The Balaban J connectivity index is 0.000000152. The molecular formula is C42H45N7O4. The van der Waals surface area contributed by atoms with E-state index in [4.69, 9.17) is 24.2 Å². The first kappa shape index (κ1) is 34.6. The topological polar surface area (TPSA) is 122 Å². The van der Waals surface area contributed by atoms with Crippen molar-refractivity contribution in [2.24, 2.45) is 5.92 Å². The highest BCUT2D eigenvalue weighted by atomic mass is 16.6. The van der Waals surface area contributed by atoms with Gasteiger partial charge in [-0.3, -0.25) is 9.80 Å². The molecule has 0 radical (unpaired) electrons. The second-order valence-corrected chi connectivity index (χ2v) is 14.2. The van der Waals surface area contributed by atoms with Gasteiger partial charge in [-0.15, -0.1) is 10.2 Å². The average molecular weight is 712 g/mol. The van der Waals surface area contributed by atoms with E-state index in [1.807, 2.05) is 48.5 Å². The molecule has 0 amide bonds. The Morgan fingerprint density at radius 1 is 0.623 bits per heavy atom. The van der Waals surface area contributed by atoms with Crippen molar-refractivity contribution >= 4 is 0 Å². The lowest BCUT2D eigenvalue weighted by atomic mass is 9.96. The van der Waals surface area contributed by atoms with Crippen LogP contribution in [0.2, 0.25) is 0 Å². The second kappa shape index (κ2) is 16.5. The molecule has 4 aromatic carbocycles. The van der Waals surface area contributed by atoms with Crippen LogP contribution in [0.15, 0.2) is 97.1 Å². The number of nitrogens with one attached hydrogen (secondary N) is 1. The SMILES string of the molecule is N#CC1CCN(Cc2ccc([C@H]3COc4ccccc4O3)cc2)CC1.c1ccc2c(c1)OC[C@H](c1ccc(CN3CCC(c4nn[nH]n4)CC3)cc1)O2. The second-order valence-electron chi connectivity index (χ2n) is 14.2. The summed E-state index contributed by atoms with van der Waals surface area (Å²) in [4.78, 5) is 4.92. The maximum Gasteiger partial charge on any atom is 0.177 e. The van der Waals surface area contributed by atoms with E-state index in [2.05, 4.69) is 85.0 Å². The number of tetrazole rings is 1. The number of piperidine rings is 2. The van der Waals surface area contributed by atoms with Gasteiger partial charge in [-0.05, 0) is 98.4 Å². The number of aromatic nitrogens is 4. The summed E-state index contributed by atoms with van der Waals surface area (Å²) in [6.07, 6.45) is 4.00. The fourth-order valence-electron chi connectivity index (χ4n) is 7.47. The van der Waals surface area contributed by atoms with Crippen LogP contribution in [0.5, 0.6) is 23.0 Å². The molecule has 5 aromatic rings. The molecule has 2 saturated heterocycles. The number of nitrogens with zero attached hydrogens (tertiary/aromatic N) is 6. The Hall–Kier alpha value is -5.44. The molecule has 0 unspecified atom stereocenters. The molecule has 0 bridgehead atoms. The molecule has 0 aliphatic carbocycles. The molecule has 2 fully saturated rings. The van der Waals surface area contributed by atoms with Crippen LogP contribution in [0.25, 0.3) is 0 Å². The van der Waals surface area contributed by atoms with Gasteiger partial charge in [-0.2, -0.15) is 10.5 Å². The van der Waals surface area contributed by atoms with Crippen LogP contribution >= 0.6 is 0 Å². The van der Waals surface area contributed by atoms with E-state index in [-0.39, 0.29) is 18.1 Å². The normalized spacial score (nSPS) is 20.5. The van der Waals surface area contributed by atoms with Crippen molar-refractivity contribution in [3.05, 3.63) is 125 Å². The van der Waals surface area contributed by atoms with Crippen molar-refractivity contribution in [2.75, 3.05) is 39.4 Å². The Bertz CT molecular complexity index is 1950. The molecule has 2 atom stereocenters. The van der Waals surface area contributed by atoms with Gasteiger partial charge in [0.15, 0.2) is 41.0 Å². The number of para-hydroxylation sites is 4. The summed E-state index contributed by atoms with van der Waals surface area (Å²) in [6, 6.07) is 35.3. The van der Waals surface area contributed by atoms with Gasteiger partial charge >= 0.3 is 0 Å². The van der Waals surface area contributed by atoms with E-state index in [1.54, 1.807) is 0 Å². The predicted octanol–water partition coefficient (Wildman–Crippen LogP) is 7.03. The van der Waals surface area contributed by atoms with E-state index < -0.39 is 0 Å². The molecule has 11 heteroatoms. The van der Waals surface area contributed by atoms with Crippen LogP contribution in [0.1, 0.15) is 71.9 Å². The molecule has 11 nitrogen and oxygen atoms in total. The minimum Gasteiger partial charge on any atom is -0.485 e. The van der Waals surface area contributed by atoms with E-state index in [0.717, 1.165) is 105 Å². The molecule has 4 aliphatic rings. The summed E-state index contributed by atoms with van der Waals surface area (Å²) in [7, 11) is 0. The van der Waals surface area contributed by atoms with Crippen LogP contribution in [0, 0.1) is 17.2 Å². The lowest BCUT2D eigenvalue weighted by Gasteiger charge is -2.30. The smallest absolute Gasteiger partial charge is 0.177 e. The van der Waals surface area contributed by atoms with E-state index >= 15 is 0 Å². The van der Waals surface area contributed by atoms with Crippen molar-refractivity contribution in [1.29, 1.82) is 5.26 Å². The monoisotopic (exact) mass is 711 g/mol. The number of hydrogen-bond donors (Lipinski definition) is 1. The maximum atomic E-state index is 8.99. The van der Waals surface area contributed by atoms with Crippen LogP contribution in [0.4, 0.5) is 0 Å². The standard InChI is InChI=1S/C21H23N5O2.C21H22N2O2/c1-2-4-19-18(3-1)27-14-20(28-19)16-7-5-15(6-8-16)13-26-11-9-17(10-12-26)21-22-24-25-23-21;22-13-16-9-11-23(12-10-16)14-17-5-7-18(8-6-17)21-15-24-19-3-1-2-4-20(19)25-21/h1-8,17,20H,9-14H2,(H,22,23,24,25);1-8,16,21H,9-12,14-15H2/t20-;21-/m11/s1. The van der Waals surface area contributed by atoms with Crippen molar-refractivity contribution in [2.45, 2.75) is 56.9 Å². The van der Waals surface area contributed by atoms with E-state index in [0.29, 0.717) is 19.1 Å². The Kier molecular flexibility index (Phi) is 10.8. The lowest BCUT2D eigenvalue weighted by Crippen LogP contribution is -2.32. The first-order valence-corrected chi connectivity index (χ1v) is 18.7. The van der Waals surface area contributed by atoms with Crippen LogP contribution in [-0.2, 0) is 13.1 Å². The zero-order valence-corrected chi connectivity index (χ0v) is 29.8. The number of aromatic amines is 1. The zero-order valence-electron chi connectivity index (χ0n) is 29.8. The summed E-state index contributed by atoms with van der Waals surface area (Å²) < 4.78 is 23.8. The van der Waals surface area contributed by atoms with Gasteiger partial charge < -0.3 is 18.9 Å². The fraction of sp³-hybridized carbons (Fsp3) is 0.381. The Morgan fingerprint density at radius 3 is 1.55 bits per heavy atom. The van der Waals surface area contributed by atoms with Crippen molar-refractivity contribution in [3.8, 4) is 29.1 Å². The highest BCUT2D eigenvalue weighted by Crippen LogP contribution is 2.37. The van der Waals surface area contributed by atoms with Crippen molar-refractivity contribution in [1.82, 2.24) is 30.4 Å². The van der Waals surface area contributed by atoms with Crippen LogP contribution in [0.3, 0.4) is 0 Å². The molecule has 1 aromatic heterocycles. The minimum absolute atomic E-state index is 0.0599. The largest absolute Gasteiger partial charge is 0.485 e. The number of nitriles is 1. The van der Waals surface area contributed by atoms with Crippen molar-refractivity contribution in [3.63, 3.8) is 0 Å². The number of hydrogen-bond acceptors (Lipinski definition) is 10. The van der Waals surface area contributed by atoms with Crippen molar-refractivity contribution < 1.29 is 18.9 Å². The van der Waals surface area contributed by atoms with Gasteiger partial charge in [0.25, 0.3) is 0 Å². The predicted molar refractivity (Wildman–Crippen MR) is 199 cm³/mol. The Morgan fingerprint density at radius 2 is 1.09 bits per heavy atom. The summed E-state index contributed by atoms with van der Waals surface area (Å²) >= 11 is 0. The number of H-pyrrole nitrogens is 1. The van der Waals surface area contributed by atoms with Gasteiger partial charge in [0.1, 0.15) is 13.2 Å². The van der Waals surface area contributed by atoms with Crippen LogP contribution in [-0.4, -0.2) is 69.8 Å². The van der Waals surface area contributed by atoms with Gasteiger partial charge in [-0.25, -0.2) is 0 Å². The molecule has 5 heterocycles.